The number of rotatable bonds is 0. The van der Waals surface area contributed by atoms with E-state index in [0.29, 0.717) is 0 Å². The topological polar surface area (TPSA) is 52.6 Å². The van der Waals surface area contributed by atoms with Crippen LogP contribution in [0.5, 0.6) is 0 Å². The Morgan fingerprint density at radius 1 is 0.923 bits per heavy atom. The van der Waals surface area contributed by atoms with Crippen LogP contribution in [-0.2, 0) is 6.20 Å². The van der Waals surface area contributed by atoms with Crippen LogP contribution in [0.2, 0.25) is 0 Å². The van der Waals surface area contributed by atoms with Gasteiger partial charge in [-0.1, -0.05) is 0 Å². The fourth-order valence-electron chi connectivity index (χ4n) is 1.01. The molecule has 0 saturated heterocycles. The number of fused-ring (bicyclic) bond motifs is 1. The molecule has 0 fully saturated rings. The summed E-state index contributed by atoms with van der Waals surface area (Å²) in [7, 11) is 0. The molecule has 0 amide bonds. The van der Waals surface area contributed by atoms with Crippen LogP contribution in [0.3, 0.4) is 0 Å². The van der Waals surface area contributed by atoms with E-state index >= 15 is 0 Å². The van der Waals surface area contributed by atoms with E-state index < -0.39 is 33.7 Å². The molecular weight excluding hydrogens is 288 g/mol. The van der Waals surface area contributed by atoms with E-state index in [9.17, 15) is 9.59 Å². The average Bonchev–Trinajstić information content (AvgIpc) is 2.29. The zero-order valence-electron chi connectivity index (χ0n) is 6.35. The molecule has 1 aromatic carbocycles. The summed E-state index contributed by atoms with van der Waals surface area (Å²) in [5, 5.41) is 0. The molecule has 0 aromatic heterocycles. The normalized spacial score (nSPS) is 15.4. The second-order valence-corrected chi connectivity index (χ2v) is 3.69. The second kappa shape index (κ2) is 3.36. The Balaban J connectivity index is 2.57. The van der Waals surface area contributed by atoms with Crippen LogP contribution in [0.15, 0.2) is 24.3 Å². The number of benzene rings is 1. The Morgan fingerprint density at radius 3 is 1.85 bits per heavy atom. The van der Waals surface area contributed by atoms with Crippen molar-refractivity contribution in [2.45, 2.75) is 0 Å². The van der Waals surface area contributed by atoms with Gasteiger partial charge in [0.25, 0.3) is 0 Å². The molecule has 2 rings (SSSR count). The van der Waals surface area contributed by atoms with E-state index in [0.717, 1.165) is 0 Å². The first-order chi connectivity index (χ1) is 6.29. The van der Waals surface area contributed by atoms with Gasteiger partial charge in [0.15, 0.2) is 0 Å². The third kappa shape index (κ3) is 1.53. The Hall–Kier alpha value is -1.05. The molecular formula is C8H4O4Te. The second-order valence-electron chi connectivity index (χ2n) is 2.36. The van der Waals surface area contributed by atoms with Gasteiger partial charge in [0, 0.05) is 0 Å². The van der Waals surface area contributed by atoms with E-state index in [1.807, 2.05) is 0 Å². The summed E-state index contributed by atoms with van der Waals surface area (Å²) in [6.45, 7) is 0. The van der Waals surface area contributed by atoms with Gasteiger partial charge in [0.2, 0.25) is 0 Å². The molecule has 13 heavy (non-hydrogen) atoms. The molecule has 0 atom stereocenters. The summed E-state index contributed by atoms with van der Waals surface area (Å²) in [6, 6.07) is 6.47. The van der Waals surface area contributed by atoms with Crippen molar-refractivity contribution in [3.8, 4) is 0 Å². The molecule has 0 radical (unpaired) electrons. The minimum absolute atomic E-state index is 0.287. The van der Waals surface area contributed by atoms with Crippen LogP contribution in [0.4, 0.5) is 0 Å². The Morgan fingerprint density at radius 2 is 1.38 bits per heavy atom. The van der Waals surface area contributed by atoms with Gasteiger partial charge in [-0.15, -0.1) is 0 Å². The first kappa shape index (κ1) is 8.54. The molecule has 1 aromatic rings. The van der Waals surface area contributed by atoms with Gasteiger partial charge >= 0.3 is 84.9 Å². The average molecular weight is 292 g/mol. The maximum absolute atomic E-state index is 11.2. The predicted octanol–water partition coefficient (Wildman–Crippen LogP) is 0.548. The quantitative estimate of drug-likeness (QED) is 0.655. The molecule has 0 saturated carbocycles. The Kier molecular flexibility index (Phi) is 2.21. The SMILES string of the molecule is O=C1O[Te]OC(=O)c2ccccc21. The van der Waals surface area contributed by atoms with E-state index in [1.54, 1.807) is 24.3 Å². The summed E-state index contributed by atoms with van der Waals surface area (Å²) >= 11 is -1.41. The van der Waals surface area contributed by atoms with Gasteiger partial charge in [-0.3, -0.25) is 0 Å². The van der Waals surface area contributed by atoms with Gasteiger partial charge in [0.1, 0.15) is 0 Å². The van der Waals surface area contributed by atoms with Crippen molar-refractivity contribution in [1.29, 1.82) is 0 Å². The number of hydrogen-bond acceptors (Lipinski definition) is 4. The standard InChI is InChI=1S/C8H4O4Te/c9-7-5-3-1-2-4-6(5)8(10)12-13-11-7/h1-4H. The van der Waals surface area contributed by atoms with E-state index in [1.165, 1.54) is 0 Å². The third-order valence-electron chi connectivity index (χ3n) is 1.59. The Bertz CT molecular complexity index is 339. The van der Waals surface area contributed by atoms with Crippen LogP contribution in [0, 0.1) is 0 Å². The molecule has 0 unspecified atom stereocenters. The third-order valence-corrected chi connectivity index (χ3v) is 2.84. The van der Waals surface area contributed by atoms with Gasteiger partial charge in [0.05, 0.1) is 0 Å². The number of carbonyl (C=O) groups excluding carboxylic acids is 2. The van der Waals surface area contributed by atoms with Gasteiger partial charge < -0.3 is 0 Å². The fourth-order valence-corrected chi connectivity index (χ4v) is 1.97. The van der Waals surface area contributed by atoms with Crippen molar-refractivity contribution >= 4 is 33.7 Å². The van der Waals surface area contributed by atoms with Gasteiger partial charge in [-0.05, 0) is 0 Å². The van der Waals surface area contributed by atoms with Crippen molar-refractivity contribution in [2.75, 3.05) is 0 Å². The molecule has 0 bridgehead atoms. The number of carbonyl (C=O) groups is 2. The molecule has 1 heterocycles. The number of hydrogen-bond donors (Lipinski definition) is 0. The van der Waals surface area contributed by atoms with Gasteiger partial charge in [-0.2, -0.15) is 0 Å². The molecule has 5 heteroatoms. The molecule has 0 spiro atoms. The minimum atomic E-state index is -1.41. The van der Waals surface area contributed by atoms with Crippen molar-refractivity contribution in [3.05, 3.63) is 35.4 Å². The molecule has 66 valence electrons. The van der Waals surface area contributed by atoms with E-state index in [2.05, 4.69) is 0 Å². The van der Waals surface area contributed by atoms with Gasteiger partial charge in [-0.25, -0.2) is 0 Å². The van der Waals surface area contributed by atoms with Crippen LogP contribution in [-0.4, -0.2) is 33.7 Å². The summed E-state index contributed by atoms with van der Waals surface area (Å²) in [6.07, 6.45) is 0. The molecule has 4 nitrogen and oxygen atoms in total. The van der Waals surface area contributed by atoms with Crippen LogP contribution in [0.1, 0.15) is 20.7 Å². The fraction of sp³-hybridized carbons (Fsp3) is 0. The van der Waals surface area contributed by atoms with E-state index in [4.69, 9.17) is 6.20 Å². The zero-order valence-corrected chi connectivity index (χ0v) is 8.68. The predicted molar refractivity (Wildman–Crippen MR) is 43.0 cm³/mol. The summed E-state index contributed by atoms with van der Waals surface area (Å²) in [4.78, 5) is 22.5. The summed E-state index contributed by atoms with van der Waals surface area (Å²) in [5.41, 5.74) is 0.574. The van der Waals surface area contributed by atoms with Crippen molar-refractivity contribution in [3.63, 3.8) is 0 Å². The van der Waals surface area contributed by atoms with Crippen molar-refractivity contribution in [1.82, 2.24) is 0 Å². The zero-order chi connectivity index (χ0) is 9.26. The molecule has 0 N–H and O–H groups in total. The van der Waals surface area contributed by atoms with Crippen LogP contribution >= 0.6 is 0 Å². The monoisotopic (exact) mass is 294 g/mol. The van der Waals surface area contributed by atoms with Crippen molar-refractivity contribution < 1.29 is 15.8 Å². The van der Waals surface area contributed by atoms with E-state index in [-0.39, 0.29) is 11.1 Å². The van der Waals surface area contributed by atoms with Crippen LogP contribution < -0.4 is 0 Å². The van der Waals surface area contributed by atoms with Crippen LogP contribution in [0.25, 0.3) is 0 Å². The molecule has 1 aliphatic rings. The maximum atomic E-state index is 11.2. The molecule has 1 aliphatic heterocycles. The van der Waals surface area contributed by atoms with Crippen molar-refractivity contribution in [2.24, 2.45) is 0 Å². The molecule has 0 aliphatic carbocycles. The Labute approximate surface area is 85.0 Å². The first-order valence-electron chi connectivity index (χ1n) is 3.48. The summed E-state index contributed by atoms with van der Waals surface area (Å²) < 4.78 is 9.50. The summed E-state index contributed by atoms with van der Waals surface area (Å²) in [5.74, 6) is -0.937. The first-order valence-corrected chi connectivity index (χ1v) is 5.38.